The number of aliphatic hydroxyl groups excluding tert-OH is 2. The fraction of sp³-hybridized carbons (Fsp3) is 0.750. The van der Waals surface area contributed by atoms with Gasteiger partial charge >= 0.3 is 0 Å². The van der Waals surface area contributed by atoms with Gasteiger partial charge in [-0.1, -0.05) is 44.2 Å². The third kappa shape index (κ3) is 5.23. The molecule has 5 unspecified atom stereocenters. The van der Waals surface area contributed by atoms with Crippen LogP contribution in [0.25, 0.3) is 0 Å². The van der Waals surface area contributed by atoms with E-state index in [-0.39, 0.29) is 30.3 Å². The molecule has 2 saturated heterocycles. The minimum Gasteiger partial charge on any atom is -0.396 e. The lowest BCUT2D eigenvalue weighted by Crippen LogP contribution is -2.29. The predicted octanol–water partition coefficient (Wildman–Crippen LogP) is 3.52. The number of fused-ring (bicyclic) bond motifs is 2. The van der Waals surface area contributed by atoms with E-state index in [1.165, 1.54) is 0 Å². The zero-order valence-corrected chi connectivity index (χ0v) is 18.8. The molecule has 1 aromatic rings. The maximum Gasteiger partial charge on any atom is 0.183 e. The van der Waals surface area contributed by atoms with Crippen molar-refractivity contribution in [2.24, 2.45) is 22.7 Å². The molecule has 5 atom stereocenters. The number of benzene rings is 1. The van der Waals surface area contributed by atoms with E-state index >= 15 is 0 Å². The molecule has 170 valence electrons. The lowest BCUT2D eigenvalue weighted by molar-refractivity contribution is -0.209. The van der Waals surface area contributed by atoms with Crippen molar-refractivity contribution in [2.45, 2.75) is 52.6 Å². The Hall–Kier alpha value is -1.02. The summed E-state index contributed by atoms with van der Waals surface area (Å²) in [4.78, 5) is 0. The molecule has 2 heterocycles. The molecule has 1 aromatic carbocycles. The van der Waals surface area contributed by atoms with Crippen molar-refractivity contribution in [1.29, 1.82) is 0 Å². The molecule has 6 heteroatoms. The Balaban J connectivity index is 0.000000163. The second-order valence-electron chi connectivity index (χ2n) is 9.23. The number of rotatable bonds is 3. The Bertz CT molecular complexity index is 665. The second-order valence-corrected chi connectivity index (χ2v) is 9.23. The molecular weight excluding hydrogens is 384 g/mol. The van der Waals surface area contributed by atoms with Crippen LogP contribution in [0.4, 0.5) is 0 Å². The molecule has 4 aliphatic rings. The first-order valence-corrected chi connectivity index (χ1v) is 11.2. The summed E-state index contributed by atoms with van der Waals surface area (Å²) < 4.78 is 22.6. The van der Waals surface area contributed by atoms with Gasteiger partial charge in [-0.3, -0.25) is 0 Å². The summed E-state index contributed by atoms with van der Waals surface area (Å²) in [6.45, 7) is 11.0. The van der Waals surface area contributed by atoms with E-state index in [2.05, 4.69) is 0 Å². The fourth-order valence-corrected chi connectivity index (χ4v) is 4.12. The topological polar surface area (TPSA) is 77.4 Å². The van der Waals surface area contributed by atoms with Gasteiger partial charge in [0, 0.05) is 16.4 Å². The second kappa shape index (κ2) is 9.63. The maximum atomic E-state index is 9.34. The van der Waals surface area contributed by atoms with E-state index in [0.717, 1.165) is 25.0 Å². The van der Waals surface area contributed by atoms with Crippen LogP contribution in [-0.4, -0.2) is 55.6 Å². The first-order valence-electron chi connectivity index (χ1n) is 11.2. The van der Waals surface area contributed by atoms with Crippen LogP contribution in [0.1, 0.15) is 52.4 Å². The Labute approximate surface area is 180 Å². The molecule has 2 saturated carbocycles. The summed E-state index contributed by atoms with van der Waals surface area (Å²) >= 11 is 0. The summed E-state index contributed by atoms with van der Waals surface area (Å²) in [5, 5.41) is 18.5. The van der Waals surface area contributed by atoms with E-state index in [1.807, 2.05) is 58.0 Å². The SMILES string of the molecule is CC.CC1(C)OCC2CC2(CO)CO1.OCC12COC(c3ccccc3)OCC1C2. The lowest BCUT2D eigenvalue weighted by Gasteiger charge is -2.24. The molecule has 0 bridgehead atoms. The minimum absolute atomic E-state index is 0.0104. The highest BCUT2D eigenvalue weighted by Gasteiger charge is 2.57. The minimum atomic E-state index is -0.463. The summed E-state index contributed by atoms with van der Waals surface area (Å²) in [5.41, 5.74) is 1.08. The third-order valence-corrected chi connectivity index (χ3v) is 6.73. The van der Waals surface area contributed by atoms with Gasteiger partial charge in [0.1, 0.15) is 0 Å². The lowest BCUT2D eigenvalue weighted by atomic mass is 10.1. The summed E-state index contributed by atoms with van der Waals surface area (Å²) in [5.74, 6) is 0.533. The number of ether oxygens (including phenoxy) is 4. The van der Waals surface area contributed by atoms with E-state index in [9.17, 15) is 5.11 Å². The molecule has 2 aliphatic heterocycles. The van der Waals surface area contributed by atoms with Gasteiger partial charge in [-0.25, -0.2) is 0 Å². The van der Waals surface area contributed by atoms with Gasteiger partial charge in [0.25, 0.3) is 0 Å². The zero-order valence-electron chi connectivity index (χ0n) is 18.8. The molecule has 0 amide bonds. The molecule has 0 radical (unpaired) electrons. The fourth-order valence-electron chi connectivity index (χ4n) is 4.12. The average molecular weight is 423 g/mol. The first kappa shape index (κ1) is 23.6. The summed E-state index contributed by atoms with van der Waals surface area (Å²) in [6, 6.07) is 9.96. The van der Waals surface area contributed by atoms with E-state index in [4.69, 9.17) is 24.1 Å². The first-order chi connectivity index (χ1) is 14.4. The number of aliphatic hydroxyl groups is 2. The van der Waals surface area contributed by atoms with Crippen molar-refractivity contribution in [3.63, 3.8) is 0 Å². The molecule has 5 rings (SSSR count). The normalized spacial score (nSPS) is 38.1. The Morgan fingerprint density at radius 2 is 1.43 bits per heavy atom. The van der Waals surface area contributed by atoms with Crippen LogP contribution in [0, 0.1) is 22.7 Å². The van der Waals surface area contributed by atoms with Gasteiger partial charge in [-0.2, -0.15) is 0 Å². The molecule has 6 nitrogen and oxygen atoms in total. The van der Waals surface area contributed by atoms with Gasteiger partial charge in [0.05, 0.1) is 39.6 Å². The van der Waals surface area contributed by atoms with Crippen molar-refractivity contribution < 1.29 is 29.2 Å². The van der Waals surface area contributed by atoms with E-state index in [1.54, 1.807) is 0 Å². The zero-order chi connectivity index (χ0) is 21.8. The monoisotopic (exact) mass is 422 g/mol. The smallest absolute Gasteiger partial charge is 0.183 e. The van der Waals surface area contributed by atoms with Gasteiger partial charge in [0.15, 0.2) is 12.1 Å². The van der Waals surface area contributed by atoms with Crippen LogP contribution in [-0.2, 0) is 18.9 Å². The highest BCUT2D eigenvalue weighted by molar-refractivity contribution is 5.16. The highest BCUT2D eigenvalue weighted by atomic mass is 16.7. The third-order valence-electron chi connectivity index (χ3n) is 6.73. The number of hydrogen-bond acceptors (Lipinski definition) is 6. The van der Waals surface area contributed by atoms with Crippen molar-refractivity contribution in [3.05, 3.63) is 35.9 Å². The van der Waals surface area contributed by atoms with Crippen LogP contribution in [0.15, 0.2) is 30.3 Å². The molecule has 0 aromatic heterocycles. The molecule has 0 spiro atoms. The molecule has 2 aliphatic carbocycles. The van der Waals surface area contributed by atoms with Gasteiger partial charge in [-0.15, -0.1) is 0 Å². The van der Waals surface area contributed by atoms with Crippen molar-refractivity contribution >= 4 is 0 Å². The standard InChI is InChI=1S/C13H16O3.C9H16O3.C2H6/c14-8-13-6-11(13)7-15-12(16-9-13)10-4-2-1-3-5-10;1-8(2)11-4-7-3-9(7,5-10)6-12-8;1-2/h1-5,11-12,14H,6-9H2;7,10H,3-6H2,1-2H3;1-2H3. The van der Waals surface area contributed by atoms with Crippen molar-refractivity contribution in [3.8, 4) is 0 Å². The number of hydrogen-bond donors (Lipinski definition) is 2. The Morgan fingerprint density at radius 1 is 0.833 bits per heavy atom. The van der Waals surface area contributed by atoms with Gasteiger partial charge in [0.2, 0.25) is 0 Å². The Morgan fingerprint density at radius 3 is 2.07 bits per heavy atom. The molecular formula is C24H38O6. The van der Waals surface area contributed by atoms with Crippen molar-refractivity contribution in [1.82, 2.24) is 0 Å². The van der Waals surface area contributed by atoms with E-state index in [0.29, 0.717) is 31.7 Å². The summed E-state index contributed by atoms with van der Waals surface area (Å²) in [6.07, 6.45) is 1.82. The summed E-state index contributed by atoms with van der Waals surface area (Å²) in [7, 11) is 0. The van der Waals surface area contributed by atoms with Crippen LogP contribution in [0.5, 0.6) is 0 Å². The molecule has 4 fully saturated rings. The van der Waals surface area contributed by atoms with Gasteiger partial charge in [-0.05, 0) is 38.5 Å². The highest BCUT2D eigenvalue weighted by Crippen LogP contribution is 2.55. The Kier molecular flexibility index (Phi) is 7.59. The van der Waals surface area contributed by atoms with Crippen LogP contribution in [0.3, 0.4) is 0 Å². The molecule has 30 heavy (non-hydrogen) atoms. The van der Waals surface area contributed by atoms with Crippen LogP contribution >= 0.6 is 0 Å². The molecule has 2 N–H and O–H groups in total. The van der Waals surface area contributed by atoms with Crippen LogP contribution < -0.4 is 0 Å². The van der Waals surface area contributed by atoms with E-state index < -0.39 is 5.79 Å². The average Bonchev–Trinajstić information content (AvgIpc) is 3.66. The maximum absolute atomic E-state index is 9.34. The van der Waals surface area contributed by atoms with Gasteiger partial charge < -0.3 is 29.2 Å². The predicted molar refractivity (Wildman–Crippen MR) is 114 cm³/mol. The van der Waals surface area contributed by atoms with Crippen LogP contribution in [0.2, 0.25) is 0 Å². The van der Waals surface area contributed by atoms with Crippen molar-refractivity contribution in [2.75, 3.05) is 39.6 Å². The quantitative estimate of drug-likeness (QED) is 0.776. The largest absolute Gasteiger partial charge is 0.396 e.